The van der Waals surface area contributed by atoms with Gasteiger partial charge >= 0.3 is 0 Å². The molecule has 0 amide bonds. The number of hydrogen-bond donors (Lipinski definition) is 2. The van der Waals surface area contributed by atoms with Gasteiger partial charge in [-0.3, -0.25) is 0 Å². The number of nitrogens with one attached hydrogen (secondary N) is 1. The molecular weight excluding hydrogens is 466 g/mol. The van der Waals surface area contributed by atoms with E-state index in [4.69, 9.17) is 24.6 Å². The number of nitrogen functional groups attached to an aromatic ring is 1. The van der Waals surface area contributed by atoms with Gasteiger partial charge in [0.05, 0.1) is 11.8 Å². The Morgan fingerprint density at radius 1 is 1.11 bits per heavy atom. The van der Waals surface area contributed by atoms with Crippen LogP contribution in [0, 0.1) is 12.3 Å². The van der Waals surface area contributed by atoms with E-state index in [-0.39, 0.29) is 5.41 Å². The number of anilines is 1. The van der Waals surface area contributed by atoms with Crippen molar-refractivity contribution in [2.24, 2.45) is 5.41 Å². The molecule has 4 heterocycles. The molecule has 4 aromatic rings. The molecule has 3 N–H and O–H groups in total. The predicted octanol–water partition coefficient (Wildman–Crippen LogP) is 3.93. The molecule has 0 unspecified atom stereocenters. The predicted molar refractivity (Wildman–Crippen MR) is 134 cm³/mol. The maximum Gasteiger partial charge on any atom is 0.227 e. The Labute approximate surface area is 207 Å². The minimum absolute atomic E-state index is 0.190. The lowest BCUT2D eigenvalue weighted by Gasteiger charge is -2.20. The number of benzene rings is 1. The van der Waals surface area contributed by atoms with Gasteiger partial charge in [-0.2, -0.15) is 0 Å². The highest BCUT2D eigenvalue weighted by atomic mass is 32.2. The summed E-state index contributed by atoms with van der Waals surface area (Å²) < 4.78 is 19.6. The number of imidazole rings is 1. The van der Waals surface area contributed by atoms with E-state index in [1.807, 2.05) is 19.1 Å². The second-order valence-corrected chi connectivity index (χ2v) is 10.6. The first-order valence-electron chi connectivity index (χ1n) is 11.5. The van der Waals surface area contributed by atoms with E-state index >= 15 is 0 Å². The Balaban J connectivity index is 1.54. The van der Waals surface area contributed by atoms with Crippen LogP contribution in [0.5, 0.6) is 11.5 Å². The van der Waals surface area contributed by atoms with Gasteiger partial charge in [0.2, 0.25) is 5.89 Å². The van der Waals surface area contributed by atoms with Crippen molar-refractivity contribution in [2.75, 3.05) is 32.0 Å². The third-order valence-corrected chi connectivity index (χ3v) is 6.44. The van der Waals surface area contributed by atoms with Crippen LogP contribution in [0.2, 0.25) is 0 Å². The fourth-order valence-corrected chi connectivity index (χ4v) is 4.81. The van der Waals surface area contributed by atoms with Gasteiger partial charge in [0, 0.05) is 24.5 Å². The van der Waals surface area contributed by atoms with Gasteiger partial charge in [-0.15, -0.1) is 0 Å². The first kappa shape index (κ1) is 23.4. The second-order valence-electron chi connectivity index (χ2n) is 9.58. The minimum atomic E-state index is 0.190. The van der Waals surface area contributed by atoms with E-state index in [0.29, 0.717) is 54.1 Å². The average molecular weight is 496 g/mol. The fourth-order valence-electron chi connectivity index (χ4n) is 3.77. The Morgan fingerprint density at radius 2 is 1.89 bits per heavy atom. The summed E-state index contributed by atoms with van der Waals surface area (Å²) in [6.07, 6.45) is 3.17. The summed E-state index contributed by atoms with van der Waals surface area (Å²) in [6.45, 7) is 11.8. The molecule has 0 bridgehead atoms. The fraction of sp³-hybridized carbons (Fsp3) is 0.417. The van der Waals surface area contributed by atoms with Gasteiger partial charge in [0.25, 0.3) is 0 Å². The largest absolute Gasteiger partial charge is 0.486 e. The maximum absolute atomic E-state index is 6.15. The summed E-state index contributed by atoms with van der Waals surface area (Å²) in [5.41, 5.74) is 8.42. The summed E-state index contributed by atoms with van der Waals surface area (Å²) >= 11 is 1.48. The van der Waals surface area contributed by atoms with Crippen LogP contribution in [0.3, 0.4) is 0 Å². The Bertz CT molecular complexity index is 1360. The average Bonchev–Trinajstić information content (AvgIpc) is 3.40. The maximum atomic E-state index is 6.15. The van der Waals surface area contributed by atoms with Crippen LogP contribution in [0.15, 0.2) is 39.1 Å². The highest BCUT2D eigenvalue weighted by molar-refractivity contribution is 7.99. The molecule has 1 aliphatic rings. The zero-order valence-corrected chi connectivity index (χ0v) is 21.1. The van der Waals surface area contributed by atoms with Crippen molar-refractivity contribution >= 4 is 28.7 Å². The van der Waals surface area contributed by atoms with Gasteiger partial charge in [0.15, 0.2) is 33.6 Å². The van der Waals surface area contributed by atoms with Crippen LogP contribution in [-0.4, -0.2) is 50.8 Å². The number of oxazole rings is 1. The lowest BCUT2D eigenvalue weighted by atomic mass is 9.97. The molecule has 11 heteroatoms. The van der Waals surface area contributed by atoms with Crippen molar-refractivity contribution in [3.8, 4) is 23.0 Å². The third kappa shape index (κ3) is 5.06. The number of fused-ring (bicyclic) bond motifs is 2. The van der Waals surface area contributed by atoms with Crippen LogP contribution in [-0.2, 0) is 6.54 Å². The van der Waals surface area contributed by atoms with E-state index in [0.717, 1.165) is 34.5 Å². The molecule has 0 atom stereocenters. The highest BCUT2D eigenvalue weighted by Crippen LogP contribution is 2.44. The third-order valence-electron chi connectivity index (χ3n) is 5.39. The molecule has 0 saturated carbocycles. The van der Waals surface area contributed by atoms with E-state index < -0.39 is 0 Å². The molecule has 0 aliphatic carbocycles. The number of nitrogens with zero attached hydrogens (tertiary/aromatic N) is 5. The van der Waals surface area contributed by atoms with Crippen molar-refractivity contribution in [3.63, 3.8) is 0 Å². The molecule has 5 rings (SSSR count). The minimum Gasteiger partial charge on any atom is -0.486 e. The molecule has 0 saturated heterocycles. The molecule has 3 aromatic heterocycles. The standard InChI is InChI=1S/C24H29N7O3S/c1-14-11-27-22(34-14)15-9-16-17(33-8-7-32-16)10-18(15)35-23-30-19-20(25)28-13-29-21(19)31(23)6-5-26-12-24(2,3)4/h9-11,13,26H,5-8,12H2,1-4H3,(H2,25,28,29). The SMILES string of the molecule is Cc1cnc(-c2cc3c(cc2Sc2nc4c(N)ncnc4n2CCNCC(C)(C)C)OCCO3)o1. The van der Waals surface area contributed by atoms with E-state index in [1.54, 1.807) is 6.20 Å². The molecule has 0 radical (unpaired) electrons. The Morgan fingerprint density at radius 3 is 2.60 bits per heavy atom. The van der Waals surface area contributed by atoms with Gasteiger partial charge in [0.1, 0.15) is 25.3 Å². The summed E-state index contributed by atoms with van der Waals surface area (Å²) in [5.74, 6) is 2.94. The lowest BCUT2D eigenvalue weighted by Crippen LogP contribution is -2.29. The number of ether oxygens (including phenoxy) is 2. The van der Waals surface area contributed by atoms with Crippen LogP contribution in [0.25, 0.3) is 22.6 Å². The van der Waals surface area contributed by atoms with Crippen molar-refractivity contribution in [3.05, 3.63) is 30.4 Å². The van der Waals surface area contributed by atoms with Crippen LogP contribution < -0.4 is 20.5 Å². The van der Waals surface area contributed by atoms with Crippen molar-refractivity contribution in [1.29, 1.82) is 0 Å². The number of aryl methyl sites for hydroxylation is 1. The first-order valence-corrected chi connectivity index (χ1v) is 12.3. The van der Waals surface area contributed by atoms with Crippen molar-refractivity contribution in [1.82, 2.24) is 29.8 Å². The lowest BCUT2D eigenvalue weighted by molar-refractivity contribution is 0.171. The number of hydrogen-bond acceptors (Lipinski definition) is 10. The Hall–Kier alpha value is -3.31. The van der Waals surface area contributed by atoms with Crippen molar-refractivity contribution in [2.45, 2.75) is 44.3 Å². The number of nitrogens with two attached hydrogens (primary N) is 1. The number of aromatic nitrogens is 5. The normalized spacial score (nSPS) is 13.5. The second kappa shape index (κ2) is 9.38. The van der Waals surface area contributed by atoms with E-state index in [9.17, 15) is 0 Å². The van der Waals surface area contributed by atoms with Gasteiger partial charge in [-0.1, -0.05) is 32.5 Å². The van der Waals surface area contributed by atoms with E-state index in [1.165, 1.54) is 18.1 Å². The number of rotatable bonds is 7. The first-order chi connectivity index (χ1) is 16.8. The topological polar surface area (TPSA) is 126 Å². The summed E-state index contributed by atoms with van der Waals surface area (Å²) in [5, 5.41) is 4.26. The summed E-state index contributed by atoms with van der Waals surface area (Å²) in [7, 11) is 0. The van der Waals surface area contributed by atoms with Gasteiger partial charge < -0.3 is 29.5 Å². The van der Waals surface area contributed by atoms with E-state index in [2.05, 4.69) is 45.6 Å². The molecule has 1 aromatic carbocycles. The molecule has 10 nitrogen and oxygen atoms in total. The van der Waals surface area contributed by atoms with Gasteiger partial charge in [-0.25, -0.2) is 19.9 Å². The summed E-state index contributed by atoms with van der Waals surface area (Å²) in [6, 6.07) is 3.86. The smallest absolute Gasteiger partial charge is 0.227 e. The van der Waals surface area contributed by atoms with Crippen molar-refractivity contribution < 1.29 is 13.9 Å². The molecule has 1 aliphatic heterocycles. The molecule has 35 heavy (non-hydrogen) atoms. The van der Waals surface area contributed by atoms with Crippen LogP contribution in [0.1, 0.15) is 26.5 Å². The zero-order chi connectivity index (χ0) is 24.6. The highest BCUT2D eigenvalue weighted by Gasteiger charge is 2.23. The molecule has 184 valence electrons. The zero-order valence-electron chi connectivity index (χ0n) is 20.3. The molecule has 0 spiro atoms. The van der Waals surface area contributed by atoms with Crippen LogP contribution in [0.4, 0.5) is 5.82 Å². The monoisotopic (exact) mass is 495 g/mol. The van der Waals surface area contributed by atoms with Crippen LogP contribution >= 0.6 is 11.8 Å². The molecular formula is C24H29N7O3S. The Kier molecular flexibility index (Phi) is 6.28. The summed E-state index contributed by atoms with van der Waals surface area (Å²) in [4.78, 5) is 18.7. The van der Waals surface area contributed by atoms with Gasteiger partial charge in [-0.05, 0) is 24.5 Å². The molecule has 0 fully saturated rings. The quantitative estimate of drug-likeness (QED) is 0.364.